The molecule has 76 valence electrons. The second-order valence-corrected chi connectivity index (χ2v) is 2.98. The highest BCUT2D eigenvalue weighted by atomic mass is 35.5. The molecule has 1 amide bonds. The fraction of sp³-hybridized carbons (Fsp3) is 0.222. The standard InChI is InChI=1S/C9H11ClN2O2/c1-2-14-9(13)12(11)8-5-3-7(10)4-6-8/h3-6H,2,11H2,1H3. The van der Waals surface area contributed by atoms with Gasteiger partial charge < -0.3 is 4.74 Å². The number of carbonyl (C=O) groups is 1. The Kier molecular flexibility index (Phi) is 3.73. The fourth-order valence-corrected chi connectivity index (χ4v) is 1.03. The van der Waals surface area contributed by atoms with Crippen LogP contribution in [0.4, 0.5) is 10.5 Å². The molecule has 0 saturated heterocycles. The zero-order valence-electron chi connectivity index (χ0n) is 7.74. The van der Waals surface area contributed by atoms with Gasteiger partial charge in [0.15, 0.2) is 0 Å². The van der Waals surface area contributed by atoms with Gasteiger partial charge in [-0.15, -0.1) is 0 Å². The van der Waals surface area contributed by atoms with Crippen LogP contribution in [-0.4, -0.2) is 12.7 Å². The third-order valence-corrected chi connectivity index (χ3v) is 1.82. The van der Waals surface area contributed by atoms with Gasteiger partial charge in [-0.25, -0.2) is 15.6 Å². The molecule has 1 rings (SSSR count). The maximum Gasteiger partial charge on any atom is 0.428 e. The van der Waals surface area contributed by atoms with Crippen molar-refractivity contribution in [1.29, 1.82) is 0 Å². The molecule has 1 aromatic carbocycles. The van der Waals surface area contributed by atoms with Gasteiger partial charge in [-0.1, -0.05) is 11.6 Å². The minimum atomic E-state index is -0.588. The molecule has 0 fully saturated rings. The molecule has 0 aliphatic rings. The van der Waals surface area contributed by atoms with E-state index in [0.29, 0.717) is 17.3 Å². The average molecular weight is 215 g/mol. The molecule has 0 aliphatic carbocycles. The highest BCUT2D eigenvalue weighted by Gasteiger charge is 2.11. The summed E-state index contributed by atoms with van der Waals surface area (Å²) in [7, 11) is 0. The molecular weight excluding hydrogens is 204 g/mol. The largest absolute Gasteiger partial charge is 0.449 e. The van der Waals surface area contributed by atoms with Crippen molar-refractivity contribution in [3.63, 3.8) is 0 Å². The fourth-order valence-electron chi connectivity index (χ4n) is 0.900. The summed E-state index contributed by atoms with van der Waals surface area (Å²) in [5.74, 6) is 5.49. The first-order valence-electron chi connectivity index (χ1n) is 4.12. The predicted octanol–water partition coefficient (Wildman–Crippen LogP) is 2.18. The second kappa shape index (κ2) is 4.83. The van der Waals surface area contributed by atoms with E-state index in [1.165, 1.54) is 0 Å². The number of carbonyl (C=O) groups excluding carboxylic acids is 1. The average Bonchev–Trinajstić information content (AvgIpc) is 2.18. The molecule has 1 aromatic rings. The van der Waals surface area contributed by atoms with E-state index in [1.807, 2.05) is 0 Å². The number of hydrogen-bond donors (Lipinski definition) is 1. The highest BCUT2D eigenvalue weighted by molar-refractivity contribution is 6.30. The van der Waals surface area contributed by atoms with E-state index in [0.717, 1.165) is 5.01 Å². The summed E-state index contributed by atoms with van der Waals surface area (Å²) in [4.78, 5) is 11.2. The summed E-state index contributed by atoms with van der Waals surface area (Å²) in [6.45, 7) is 2.01. The van der Waals surface area contributed by atoms with Crippen LogP contribution < -0.4 is 10.9 Å². The van der Waals surface area contributed by atoms with Crippen molar-refractivity contribution in [3.05, 3.63) is 29.3 Å². The van der Waals surface area contributed by atoms with Crippen LogP contribution in [-0.2, 0) is 4.74 Å². The van der Waals surface area contributed by atoms with Gasteiger partial charge in [-0.2, -0.15) is 0 Å². The molecule has 0 unspecified atom stereocenters. The van der Waals surface area contributed by atoms with Crippen molar-refractivity contribution in [2.75, 3.05) is 11.6 Å². The molecule has 0 saturated carbocycles. The SMILES string of the molecule is CCOC(=O)N(N)c1ccc(Cl)cc1. The Morgan fingerprint density at radius 2 is 2.07 bits per heavy atom. The van der Waals surface area contributed by atoms with Gasteiger partial charge in [-0.05, 0) is 31.2 Å². The molecule has 4 nitrogen and oxygen atoms in total. The molecule has 5 heteroatoms. The van der Waals surface area contributed by atoms with Gasteiger partial charge in [0, 0.05) is 5.02 Å². The summed E-state index contributed by atoms with van der Waals surface area (Å²) in [6.07, 6.45) is -0.588. The zero-order valence-corrected chi connectivity index (χ0v) is 8.49. The van der Waals surface area contributed by atoms with Crippen LogP contribution in [0.2, 0.25) is 5.02 Å². The molecule has 0 spiro atoms. The van der Waals surface area contributed by atoms with E-state index >= 15 is 0 Å². The maximum absolute atomic E-state index is 11.2. The lowest BCUT2D eigenvalue weighted by Crippen LogP contribution is -2.37. The van der Waals surface area contributed by atoms with Gasteiger partial charge in [0.25, 0.3) is 0 Å². The van der Waals surface area contributed by atoms with Crippen molar-refractivity contribution in [3.8, 4) is 0 Å². The van der Waals surface area contributed by atoms with Gasteiger partial charge in [0.05, 0.1) is 12.3 Å². The number of rotatable bonds is 2. The summed E-state index contributed by atoms with van der Waals surface area (Å²) in [5.41, 5.74) is 0.535. The Balaban J connectivity index is 2.73. The summed E-state index contributed by atoms with van der Waals surface area (Å²) in [5, 5.41) is 1.52. The first-order valence-corrected chi connectivity index (χ1v) is 4.50. The van der Waals surface area contributed by atoms with Crippen molar-refractivity contribution in [2.45, 2.75) is 6.92 Å². The first kappa shape index (κ1) is 10.8. The minimum Gasteiger partial charge on any atom is -0.449 e. The molecule has 0 atom stereocenters. The number of halogens is 1. The highest BCUT2D eigenvalue weighted by Crippen LogP contribution is 2.16. The monoisotopic (exact) mass is 214 g/mol. The summed E-state index contributed by atoms with van der Waals surface area (Å²) >= 11 is 5.68. The number of benzene rings is 1. The predicted molar refractivity (Wildman–Crippen MR) is 55.1 cm³/mol. The van der Waals surface area contributed by atoms with Gasteiger partial charge in [0.1, 0.15) is 0 Å². The molecule has 2 N–H and O–H groups in total. The number of nitrogens with two attached hydrogens (primary N) is 1. The Morgan fingerprint density at radius 3 is 2.57 bits per heavy atom. The molecular formula is C9H11ClN2O2. The van der Waals surface area contributed by atoms with E-state index in [4.69, 9.17) is 22.2 Å². The Bertz CT molecular complexity index is 313. The van der Waals surface area contributed by atoms with E-state index < -0.39 is 6.09 Å². The summed E-state index contributed by atoms with van der Waals surface area (Å²) in [6, 6.07) is 6.57. The number of ether oxygens (including phenoxy) is 1. The van der Waals surface area contributed by atoms with Crippen molar-refractivity contribution < 1.29 is 9.53 Å². The Hall–Kier alpha value is -1.26. The normalized spacial score (nSPS) is 9.64. The van der Waals surface area contributed by atoms with Gasteiger partial charge in [-0.3, -0.25) is 0 Å². The smallest absolute Gasteiger partial charge is 0.428 e. The van der Waals surface area contributed by atoms with E-state index in [1.54, 1.807) is 31.2 Å². The lowest BCUT2D eigenvalue weighted by atomic mass is 10.3. The van der Waals surface area contributed by atoms with Crippen LogP contribution >= 0.6 is 11.6 Å². The van der Waals surface area contributed by atoms with E-state index in [9.17, 15) is 4.79 Å². The number of anilines is 1. The third-order valence-electron chi connectivity index (χ3n) is 1.57. The Morgan fingerprint density at radius 1 is 1.50 bits per heavy atom. The lowest BCUT2D eigenvalue weighted by molar-refractivity contribution is 0.160. The molecule has 0 aliphatic heterocycles. The molecule has 0 radical (unpaired) electrons. The van der Waals surface area contributed by atoms with Gasteiger partial charge in [0.2, 0.25) is 0 Å². The molecule has 0 bridgehead atoms. The maximum atomic E-state index is 11.2. The van der Waals surface area contributed by atoms with Crippen LogP contribution in [0.15, 0.2) is 24.3 Å². The number of hydrogen-bond acceptors (Lipinski definition) is 3. The minimum absolute atomic E-state index is 0.292. The second-order valence-electron chi connectivity index (χ2n) is 2.55. The number of amides is 1. The lowest BCUT2D eigenvalue weighted by Gasteiger charge is -2.15. The van der Waals surface area contributed by atoms with Crippen LogP contribution in [0.5, 0.6) is 0 Å². The van der Waals surface area contributed by atoms with Crippen LogP contribution in [0.3, 0.4) is 0 Å². The molecule has 14 heavy (non-hydrogen) atoms. The topological polar surface area (TPSA) is 55.6 Å². The number of nitrogens with zero attached hydrogens (tertiary/aromatic N) is 1. The van der Waals surface area contributed by atoms with Crippen molar-refractivity contribution in [1.82, 2.24) is 0 Å². The molecule has 0 heterocycles. The van der Waals surface area contributed by atoms with E-state index in [-0.39, 0.29) is 0 Å². The third kappa shape index (κ3) is 2.61. The van der Waals surface area contributed by atoms with Gasteiger partial charge >= 0.3 is 6.09 Å². The van der Waals surface area contributed by atoms with Crippen LogP contribution in [0.25, 0.3) is 0 Å². The molecule has 0 aromatic heterocycles. The van der Waals surface area contributed by atoms with Crippen molar-refractivity contribution >= 4 is 23.4 Å². The number of hydrazine groups is 1. The first-order chi connectivity index (χ1) is 6.65. The van der Waals surface area contributed by atoms with Crippen LogP contribution in [0, 0.1) is 0 Å². The summed E-state index contributed by atoms with van der Waals surface area (Å²) < 4.78 is 4.72. The van der Waals surface area contributed by atoms with Crippen LogP contribution in [0.1, 0.15) is 6.92 Å². The quantitative estimate of drug-likeness (QED) is 0.466. The van der Waals surface area contributed by atoms with E-state index in [2.05, 4.69) is 0 Å². The van der Waals surface area contributed by atoms with Crippen molar-refractivity contribution in [2.24, 2.45) is 5.84 Å². The Labute approximate surface area is 87.2 Å². The zero-order chi connectivity index (χ0) is 10.6.